The summed E-state index contributed by atoms with van der Waals surface area (Å²) < 4.78 is 0. The van der Waals surface area contributed by atoms with Crippen molar-refractivity contribution < 1.29 is 20.1 Å². The maximum Gasteiger partial charge on any atom is 0.303 e. The number of aliphatic hydroxyl groups excluding tert-OH is 2. The molecule has 3 aliphatic rings. The topological polar surface area (TPSA) is 77.8 Å². The fraction of sp³-hybridized carbons (Fsp3) is 0.792. The first-order valence-electron chi connectivity index (χ1n) is 11.2. The molecule has 28 heavy (non-hydrogen) atoms. The van der Waals surface area contributed by atoms with E-state index in [1.54, 1.807) is 0 Å². The third kappa shape index (κ3) is 4.38. The highest BCUT2D eigenvalue weighted by atomic mass is 16.4. The molecule has 0 aromatic rings. The second-order valence-corrected chi connectivity index (χ2v) is 9.94. The SMILES string of the molecule is C[C@H](CCC(=O)O)[C@H]1CC[C@H]2C(=CC=C3C[C@H](O)C[C@@H](O)[C@@H]3C)CCC[C@]12C. The van der Waals surface area contributed by atoms with E-state index in [1.165, 1.54) is 31.3 Å². The largest absolute Gasteiger partial charge is 0.481 e. The Hall–Kier alpha value is -1.13. The minimum atomic E-state index is -0.687. The van der Waals surface area contributed by atoms with Gasteiger partial charge in [0, 0.05) is 18.8 Å². The lowest BCUT2D eigenvalue weighted by Gasteiger charge is -2.44. The summed E-state index contributed by atoms with van der Waals surface area (Å²) in [7, 11) is 0. The van der Waals surface area contributed by atoms with Gasteiger partial charge in [-0.15, -0.1) is 0 Å². The summed E-state index contributed by atoms with van der Waals surface area (Å²) in [5.41, 5.74) is 2.96. The first-order chi connectivity index (χ1) is 13.2. The molecule has 0 aliphatic heterocycles. The molecule has 0 aromatic heterocycles. The average molecular weight is 391 g/mol. The molecule has 7 atom stereocenters. The van der Waals surface area contributed by atoms with Crippen LogP contribution >= 0.6 is 0 Å². The molecule has 3 rings (SSSR count). The van der Waals surface area contributed by atoms with E-state index >= 15 is 0 Å². The first-order valence-corrected chi connectivity index (χ1v) is 11.2. The third-order valence-electron chi connectivity index (χ3n) is 8.20. The van der Waals surface area contributed by atoms with Crippen molar-refractivity contribution in [2.45, 2.75) is 90.8 Å². The van der Waals surface area contributed by atoms with Crippen LogP contribution in [0.25, 0.3) is 0 Å². The summed E-state index contributed by atoms with van der Waals surface area (Å²) in [5, 5.41) is 29.2. The van der Waals surface area contributed by atoms with Gasteiger partial charge in [0.15, 0.2) is 0 Å². The molecule has 0 saturated heterocycles. The number of allylic oxidation sites excluding steroid dienone is 3. The number of rotatable bonds is 5. The van der Waals surface area contributed by atoms with Crippen LogP contribution in [0.2, 0.25) is 0 Å². The molecule has 0 aromatic carbocycles. The van der Waals surface area contributed by atoms with Crippen molar-refractivity contribution in [2.75, 3.05) is 0 Å². The van der Waals surface area contributed by atoms with Gasteiger partial charge in [-0.1, -0.05) is 44.1 Å². The lowest BCUT2D eigenvalue weighted by Crippen LogP contribution is -2.36. The molecule has 3 saturated carbocycles. The number of fused-ring (bicyclic) bond motifs is 1. The number of carboxylic acid groups (broad SMARTS) is 1. The van der Waals surface area contributed by atoms with Gasteiger partial charge in [0.2, 0.25) is 0 Å². The molecule has 3 fully saturated rings. The van der Waals surface area contributed by atoms with Crippen LogP contribution in [0.4, 0.5) is 0 Å². The summed E-state index contributed by atoms with van der Waals surface area (Å²) in [6, 6.07) is 0. The standard InChI is InChI=1S/C24H38O4/c1-15(6-11-23(27)28)20-9-10-21-17(5-4-12-24(20,21)3)7-8-18-13-19(25)14-22(26)16(18)2/h7-8,15-16,19-22,25-26H,4-6,9-14H2,1-3H3,(H,27,28)/t15-,16-,19+,20-,21+,22-,24-/m1/s1. The minimum absolute atomic E-state index is 0.114. The zero-order chi connectivity index (χ0) is 20.5. The molecule has 0 spiro atoms. The number of hydrogen-bond acceptors (Lipinski definition) is 3. The second-order valence-electron chi connectivity index (χ2n) is 9.94. The Kier molecular flexibility index (Phi) is 6.71. The van der Waals surface area contributed by atoms with Crippen LogP contribution in [0.5, 0.6) is 0 Å². The monoisotopic (exact) mass is 390 g/mol. The molecular weight excluding hydrogens is 352 g/mol. The lowest BCUT2D eigenvalue weighted by atomic mass is 9.60. The van der Waals surface area contributed by atoms with Gasteiger partial charge in [0.05, 0.1) is 12.2 Å². The predicted molar refractivity (Wildman–Crippen MR) is 111 cm³/mol. The molecular formula is C24H38O4. The maximum absolute atomic E-state index is 11.0. The molecule has 0 heterocycles. The third-order valence-corrected chi connectivity index (χ3v) is 8.20. The fourth-order valence-electron chi connectivity index (χ4n) is 6.47. The second kappa shape index (κ2) is 8.71. The minimum Gasteiger partial charge on any atom is -0.481 e. The van der Waals surface area contributed by atoms with Gasteiger partial charge in [0.25, 0.3) is 0 Å². The summed E-state index contributed by atoms with van der Waals surface area (Å²) in [5.74, 6) is 1.07. The summed E-state index contributed by atoms with van der Waals surface area (Å²) >= 11 is 0. The van der Waals surface area contributed by atoms with E-state index in [0.29, 0.717) is 30.6 Å². The molecule has 4 nitrogen and oxygen atoms in total. The van der Waals surface area contributed by atoms with Crippen LogP contribution in [-0.4, -0.2) is 33.5 Å². The van der Waals surface area contributed by atoms with Crippen molar-refractivity contribution in [2.24, 2.45) is 29.1 Å². The van der Waals surface area contributed by atoms with E-state index in [9.17, 15) is 15.0 Å². The Morgan fingerprint density at radius 3 is 2.68 bits per heavy atom. The Balaban J connectivity index is 1.75. The van der Waals surface area contributed by atoms with Crippen LogP contribution in [0.3, 0.4) is 0 Å². The van der Waals surface area contributed by atoms with Gasteiger partial charge in [0.1, 0.15) is 0 Å². The average Bonchev–Trinajstić information content (AvgIpc) is 2.99. The van der Waals surface area contributed by atoms with Crippen LogP contribution < -0.4 is 0 Å². The number of carbonyl (C=O) groups is 1. The molecule has 4 heteroatoms. The zero-order valence-electron chi connectivity index (χ0n) is 17.7. The molecule has 3 aliphatic carbocycles. The summed E-state index contributed by atoms with van der Waals surface area (Å²) in [6.07, 6.45) is 11.8. The molecule has 158 valence electrons. The highest BCUT2D eigenvalue weighted by Gasteiger charge is 2.50. The van der Waals surface area contributed by atoms with Gasteiger partial charge < -0.3 is 15.3 Å². The highest BCUT2D eigenvalue weighted by molar-refractivity contribution is 5.66. The zero-order valence-corrected chi connectivity index (χ0v) is 17.7. The van der Waals surface area contributed by atoms with Crippen molar-refractivity contribution in [3.05, 3.63) is 23.3 Å². The number of carboxylic acids is 1. The van der Waals surface area contributed by atoms with Crippen molar-refractivity contribution in [1.82, 2.24) is 0 Å². The van der Waals surface area contributed by atoms with E-state index in [1.807, 2.05) is 0 Å². The Morgan fingerprint density at radius 1 is 1.25 bits per heavy atom. The van der Waals surface area contributed by atoms with E-state index in [2.05, 4.69) is 32.9 Å². The highest BCUT2D eigenvalue weighted by Crippen LogP contribution is 2.59. The van der Waals surface area contributed by atoms with Gasteiger partial charge >= 0.3 is 5.97 Å². The van der Waals surface area contributed by atoms with E-state index in [0.717, 1.165) is 18.4 Å². The normalized spacial score (nSPS) is 42.5. The lowest BCUT2D eigenvalue weighted by molar-refractivity contribution is -0.137. The Labute approximate surface area is 169 Å². The molecule has 0 amide bonds. The van der Waals surface area contributed by atoms with Crippen molar-refractivity contribution in [3.63, 3.8) is 0 Å². The predicted octanol–water partition coefficient (Wildman–Crippen LogP) is 4.71. The Bertz CT molecular complexity index is 637. The van der Waals surface area contributed by atoms with Crippen LogP contribution in [0, 0.1) is 29.1 Å². The van der Waals surface area contributed by atoms with Gasteiger partial charge in [-0.3, -0.25) is 4.79 Å². The van der Waals surface area contributed by atoms with E-state index < -0.39 is 18.2 Å². The van der Waals surface area contributed by atoms with Gasteiger partial charge in [-0.2, -0.15) is 0 Å². The number of aliphatic hydroxyl groups is 2. The summed E-state index contributed by atoms with van der Waals surface area (Å²) in [6.45, 7) is 6.73. The van der Waals surface area contributed by atoms with E-state index in [4.69, 9.17) is 5.11 Å². The van der Waals surface area contributed by atoms with Gasteiger partial charge in [-0.05, 0) is 68.1 Å². The van der Waals surface area contributed by atoms with Crippen molar-refractivity contribution >= 4 is 5.97 Å². The fourth-order valence-corrected chi connectivity index (χ4v) is 6.47. The molecule has 0 bridgehead atoms. The van der Waals surface area contributed by atoms with Crippen LogP contribution in [0.15, 0.2) is 23.3 Å². The quantitative estimate of drug-likeness (QED) is 0.635. The van der Waals surface area contributed by atoms with Crippen LogP contribution in [-0.2, 0) is 4.79 Å². The first kappa shape index (κ1) is 21.6. The molecule has 0 radical (unpaired) electrons. The van der Waals surface area contributed by atoms with Crippen molar-refractivity contribution in [3.8, 4) is 0 Å². The smallest absolute Gasteiger partial charge is 0.303 e. The number of hydrogen-bond donors (Lipinski definition) is 3. The number of aliphatic carboxylic acids is 1. The maximum atomic E-state index is 11.0. The van der Waals surface area contributed by atoms with Crippen molar-refractivity contribution in [1.29, 1.82) is 0 Å². The summed E-state index contributed by atoms with van der Waals surface area (Å²) in [4.78, 5) is 11.0. The van der Waals surface area contributed by atoms with Crippen LogP contribution in [0.1, 0.15) is 78.6 Å². The molecule has 0 unspecified atom stereocenters. The van der Waals surface area contributed by atoms with E-state index in [-0.39, 0.29) is 17.8 Å². The molecule has 3 N–H and O–H groups in total. The van der Waals surface area contributed by atoms with Gasteiger partial charge in [-0.25, -0.2) is 0 Å². The Morgan fingerprint density at radius 2 is 1.96 bits per heavy atom.